The summed E-state index contributed by atoms with van der Waals surface area (Å²) in [5, 5.41) is 4.19. The van der Waals surface area contributed by atoms with E-state index in [1.807, 2.05) is 19.1 Å². The zero-order valence-corrected chi connectivity index (χ0v) is 13.4. The van der Waals surface area contributed by atoms with E-state index in [1.165, 1.54) is 12.3 Å². The van der Waals surface area contributed by atoms with Gasteiger partial charge in [0.25, 0.3) is 5.56 Å². The molecular formula is C18H19FN4O. The van der Waals surface area contributed by atoms with Crippen LogP contribution in [-0.2, 0) is 6.54 Å². The van der Waals surface area contributed by atoms with E-state index in [0.717, 1.165) is 5.56 Å². The molecule has 3 N–H and O–H groups in total. The van der Waals surface area contributed by atoms with Crippen LogP contribution in [0.15, 0.2) is 47.7 Å². The van der Waals surface area contributed by atoms with Gasteiger partial charge in [-0.05, 0) is 43.7 Å². The van der Waals surface area contributed by atoms with Crippen LogP contribution in [0.25, 0.3) is 10.8 Å². The molecule has 5 nitrogen and oxygen atoms in total. The Morgan fingerprint density at radius 2 is 2.08 bits per heavy atom. The topological polar surface area (TPSA) is 72.9 Å². The van der Waals surface area contributed by atoms with Gasteiger partial charge in [-0.15, -0.1) is 0 Å². The molecule has 6 heteroatoms. The van der Waals surface area contributed by atoms with Crippen molar-refractivity contribution in [2.24, 2.45) is 5.73 Å². The fraction of sp³-hybridized carbons (Fsp3) is 0.222. The Labute approximate surface area is 138 Å². The van der Waals surface area contributed by atoms with E-state index < -0.39 is 0 Å². The highest BCUT2D eigenvalue weighted by Crippen LogP contribution is 2.25. The number of hydrogen-bond donors (Lipinski definition) is 2. The van der Waals surface area contributed by atoms with E-state index in [1.54, 1.807) is 23.0 Å². The minimum Gasteiger partial charge on any atom is -0.351 e. The number of nitrogens with one attached hydrogen (secondary N) is 1. The summed E-state index contributed by atoms with van der Waals surface area (Å²) in [5.41, 5.74) is 7.01. The summed E-state index contributed by atoms with van der Waals surface area (Å²) in [6.07, 6.45) is 5.61. The van der Waals surface area contributed by atoms with Crippen molar-refractivity contribution in [1.82, 2.24) is 9.55 Å². The van der Waals surface area contributed by atoms with Gasteiger partial charge < -0.3 is 15.6 Å². The number of aromatic nitrogens is 2. The number of benzene rings is 1. The number of nitrogens with zero attached hydrogens (tertiary/aromatic N) is 2. The first-order valence-corrected chi connectivity index (χ1v) is 7.80. The molecule has 2 heterocycles. The molecule has 0 unspecified atom stereocenters. The molecule has 24 heavy (non-hydrogen) atoms. The van der Waals surface area contributed by atoms with Crippen LogP contribution < -0.4 is 16.6 Å². The molecule has 0 spiro atoms. The summed E-state index contributed by atoms with van der Waals surface area (Å²) in [6.45, 7) is 2.88. The zero-order valence-electron chi connectivity index (χ0n) is 13.4. The summed E-state index contributed by atoms with van der Waals surface area (Å²) in [6, 6.07) is 6.74. The summed E-state index contributed by atoms with van der Waals surface area (Å²) < 4.78 is 15.7. The first-order valence-electron chi connectivity index (χ1n) is 7.80. The van der Waals surface area contributed by atoms with Crippen molar-refractivity contribution in [2.45, 2.75) is 19.9 Å². The molecule has 0 saturated carbocycles. The lowest BCUT2D eigenvalue weighted by Gasteiger charge is -2.12. The van der Waals surface area contributed by atoms with Gasteiger partial charge in [-0.1, -0.05) is 6.07 Å². The third-order valence-corrected chi connectivity index (χ3v) is 3.88. The molecule has 0 radical (unpaired) electrons. The second-order valence-corrected chi connectivity index (χ2v) is 5.72. The number of halogens is 1. The van der Waals surface area contributed by atoms with Crippen LogP contribution in [0.4, 0.5) is 15.8 Å². The molecule has 0 saturated heterocycles. The predicted molar refractivity (Wildman–Crippen MR) is 94.1 cm³/mol. The average Bonchev–Trinajstić information content (AvgIpc) is 2.57. The molecule has 3 rings (SSSR count). The Balaban J connectivity index is 2.08. The summed E-state index contributed by atoms with van der Waals surface area (Å²) in [7, 11) is 0. The minimum atomic E-state index is -0.369. The molecule has 0 amide bonds. The number of fused-ring (bicyclic) bond motifs is 1. The molecule has 0 atom stereocenters. The number of nitrogens with two attached hydrogens (primary N) is 1. The number of hydrogen-bond acceptors (Lipinski definition) is 4. The Kier molecular flexibility index (Phi) is 4.57. The van der Waals surface area contributed by atoms with Crippen LogP contribution in [0.2, 0.25) is 0 Å². The normalized spacial score (nSPS) is 11.0. The molecule has 124 valence electrons. The van der Waals surface area contributed by atoms with Crippen molar-refractivity contribution in [3.63, 3.8) is 0 Å². The van der Waals surface area contributed by atoms with Crippen LogP contribution in [0.5, 0.6) is 0 Å². The lowest BCUT2D eigenvalue weighted by atomic mass is 10.1. The smallest absolute Gasteiger partial charge is 0.260 e. The van der Waals surface area contributed by atoms with Crippen LogP contribution in [0.1, 0.15) is 12.0 Å². The quantitative estimate of drug-likeness (QED) is 0.756. The monoisotopic (exact) mass is 326 g/mol. The molecular weight excluding hydrogens is 307 g/mol. The van der Waals surface area contributed by atoms with Gasteiger partial charge in [0.1, 0.15) is 5.82 Å². The highest BCUT2D eigenvalue weighted by molar-refractivity contribution is 5.93. The Morgan fingerprint density at radius 3 is 2.83 bits per heavy atom. The van der Waals surface area contributed by atoms with Crippen LogP contribution in [0.3, 0.4) is 0 Å². The van der Waals surface area contributed by atoms with Gasteiger partial charge in [0, 0.05) is 24.3 Å². The third kappa shape index (κ3) is 3.14. The number of rotatable bonds is 5. The van der Waals surface area contributed by atoms with Gasteiger partial charge in [-0.25, -0.2) is 4.39 Å². The predicted octanol–water partition coefficient (Wildman–Crippen LogP) is 2.94. The first kappa shape index (κ1) is 16.1. The molecule has 1 aromatic carbocycles. The summed E-state index contributed by atoms with van der Waals surface area (Å²) in [5.74, 6) is -0.369. The van der Waals surface area contributed by atoms with E-state index in [2.05, 4.69) is 10.3 Å². The summed E-state index contributed by atoms with van der Waals surface area (Å²) >= 11 is 0. The second kappa shape index (κ2) is 6.80. The molecule has 0 bridgehead atoms. The lowest BCUT2D eigenvalue weighted by Crippen LogP contribution is -2.21. The van der Waals surface area contributed by atoms with E-state index >= 15 is 0 Å². The molecule has 2 aromatic heterocycles. The zero-order chi connectivity index (χ0) is 17.1. The number of anilines is 2. The lowest BCUT2D eigenvalue weighted by molar-refractivity contribution is 0.630. The van der Waals surface area contributed by atoms with E-state index in [4.69, 9.17) is 5.73 Å². The van der Waals surface area contributed by atoms with Crippen LogP contribution in [0, 0.1) is 12.7 Å². The molecule has 0 aliphatic carbocycles. The summed E-state index contributed by atoms with van der Waals surface area (Å²) in [4.78, 5) is 16.9. The van der Waals surface area contributed by atoms with Gasteiger partial charge in [0.15, 0.2) is 0 Å². The van der Waals surface area contributed by atoms with Gasteiger partial charge in [-0.2, -0.15) is 0 Å². The van der Waals surface area contributed by atoms with Gasteiger partial charge in [-0.3, -0.25) is 9.78 Å². The molecule has 0 aliphatic rings. The molecule has 3 aromatic rings. The standard InChI is InChI=1S/C18H19FN4O/c1-12-3-4-15(14(19)9-12)22-16-11-21-10-13-5-8-23(7-2-6-20)18(24)17(13)16/h3-5,8-11,22H,2,6-7,20H2,1H3. The van der Waals surface area contributed by atoms with Crippen molar-refractivity contribution in [3.8, 4) is 0 Å². The van der Waals surface area contributed by atoms with Crippen molar-refractivity contribution < 1.29 is 4.39 Å². The number of aryl methyl sites for hydroxylation is 2. The van der Waals surface area contributed by atoms with Crippen LogP contribution in [-0.4, -0.2) is 16.1 Å². The third-order valence-electron chi connectivity index (χ3n) is 3.88. The van der Waals surface area contributed by atoms with Crippen molar-refractivity contribution in [2.75, 3.05) is 11.9 Å². The van der Waals surface area contributed by atoms with Gasteiger partial charge in [0.05, 0.1) is 23.0 Å². The van der Waals surface area contributed by atoms with Crippen molar-refractivity contribution in [3.05, 3.63) is 64.6 Å². The number of pyridine rings is 2. The highest BCUT2D eigenvalue weighted by Gasteiger charge is 2.10. The Morgan fingerprint density at radius 1 is 1.25 bits per heavy atom. The van der Waals surface area contributed by atoms with Crippen molar-refractivity contribution >= 4 is 22.1 Å². The van der Waals surface area contributed by atoms with E-state index in [-0.39, 0.29) is 11.4 Å². The van der Waals surface area contributed by atoms with Crippen molar-refractivity contribution in [1.29, 1.82) is 0 Å². The SMILES string of the molecule is Cc1ccc(Nc2cncc3ccn(CCCN)c(=O)c23)c(F)c1. The maximum Gasteiger partial charge on any atom is 0.260 e. The molecule has 0 fully saturated rings. The van der Waals surface area contributed by atoms with Gasteiger partial charge >= 0.3 is 0 Å². The van der Waals surface area contributed by atoms with Crippen LogP contribution >= 0.6 is 0 Å². The van der Waals surface area contributed by atoms with Gasteiger partial charge in [0.2, 0.25) is 0 Å². The highest BCUT2D eigenvalue weighted by atomic mass is 19.1. The maximum absolute atomic E-state index is 14.1. The first-order chi connectivity index (χ1) is 11.6. The minimum absolute atomic E-state index is 0.140. The Hall–Kier alpha value is -2.73. The largest absolute Gasteiger partial charge is 0.351 e. The van der Waals surface area contributed by atoms with E-state index in [9.17, 15) is 9.18 Å². The maximum atomic E-state index is 14.1. The fourth-order valence-electron chi connectivity index (χ4n) is 2.62. The fourth-order valence-corrected chi connectivity index (χ4v) is 2.62. The molecule has 0 aliphatic heterocycles. The average molecular weight is 326 g/mol. The Bertz CT molecular complexity index is 936. The second-order valence-electron chi connectivity index (χ2n) is 5.72. The van der Waals surface area contributed by atoms with E-state index in [0.29, 0.717) is 41.7 Å².